The van der Waals surface area contributed by atoms with Crippen molar-refractivity contribution in [3.8, 4) is 0 Å². The van der Waals surface area contributed by atoms with Crippen LogP contribution in [0.15, 0.2) is 12.5 Å². The smallest absolute Gasteiger partial charge is 0.0945 e. The largest absolute Gasteiger partial charge is 0.337 e. The van der Waals surface area contributed by atoms with Gasteiger partial charge < -0.3 is 9.88 Å². The van der Waals surface area contributed by atoms with Crippen LogP contribution in [0, 0.1) is 0 Å². The average molecular weight is 235 g/mol. The Morgan fingerprint density at radius 1 is 1.35 bits per heavy atom. The topological polar surface area (TPSA) is 36.3 Å². The van der Waals surface area contributed by atoms with Gasteiger partial charge in [0.05, 0.1) is 12.0 Å². The fourth-order valence-corrected chi connectivity index (χ4v) is 2.72. The summed E-state index contributed by atoms with van der Waals surface area (Å²) in [6.07, 6.45) is 3.85. The quantitative estimate of drug-likeness (QED) is 0.767. The van der Waals surface area contributed by atoms with Gasteiger partial charge in [-0.1, -0.05) is 0 Å². The van der Waals surface area contributed by atoms with Crippen molar-refractivity contribution in [3.63, 3.8) is 0 Å². The van der Waals surface area contributed by atoms with Gasteiger partial charge in [0.15, 0.2) is 0 Å². The minimum atomic E-state index is 0.783. The van der Waals surface area contributed by atoms with Gasteiger partial charge >= 0.3 is 0 Å². The van der Waals surface area contributed by atoms with E-state index in [1.807, 2.05) is 12.5 Å². The van der Waals surface area contributed by atoms with Crippen molar-refractivity contribution in [1.82, 2.24) is 24.7 Å². The van der Waals surface area contributed by atoms with Crippen molar-refractivity contribution in [2.45, 2.75) is 12.6 Å². The Labute approximate surface area is 102 Å². The Morgan fingerprint density at radius 3 is 2.76 bits per heavy atom. The summed E-state index contributed by atoms with van der Waals surface area (Å²) in [5, 5.41) is 3.41. The van der Waals surface area contributed by atoms with Gasteiger partial charge in [-0.05, 0) is 0 Å². The molecule has 1 aromatic rings. The highest BCUT2D eigenvalue weighted by Crippen LogP contribution is 2.17. The molecule has 17 heavy (non-hydrogen) atoms. The predicted molar refractivity (Wildman–Crippen MR) is 66.7 cm³/mol. The van der Waals surface area contributed by atoms with Gasteiger partial charge in [-0.15, -0.1) is 0 Å². The van der Waals surface area contributed by atoms with Crippen molar-refractivity contribution in [1.29, 1.82) is 0 Å². The van der Waals surface area contributed by atoms with Gasteiger partial charge in [-0.3, -0.25) is 9.80 Å². The Hall–Kier alpha value is -0.910. The van der Waals surface area contributed by atoms with Crippen LogP contribution in [0.1, 0.15) is 5.69 Å². The van der Waals surface area contributed by atoms with E-state index in [2.05, 4.69) is 31.7 Å². The normalized spacial score (nSPS) is 23.8. The molecule has 0 spiro atoms. The maximum Gasteiger partial charge on any atom is 0.0945 e. The summed E-state index contributed by atoms with van der Waals surface area (Å²) < 4.78 is 2.11. The maximum atomic E-state index is 4.16. The van der Waals surface area contributed by atoms with Crippen molar-refractivity contribution >= 4 is 0 Å². The lowest BCUT2D eigenvalue weighted by Gasteiger charge is -2.46. The van der Waals surface area contributed by atoms with Crippen molar-refractivity contribution in [3.05, 3.63) is 18.2 Å². The number of hydrogen-bond donors (Lipinski definition) is 1. The number of aromatic nitrogens is 2. The summed E-state index contributed by atoms with van der Waals surface area (Å²) in [6.45, 7) is 8.19. The zero-order valence-corrected chi connectivity index (χ0v) is 10.5. The number of likely N-dealkylation sites (tertiary alicyclic amines) is 1. The molecule has 5 nitrogen and oxygen atoms in total. The third-order valence-electron chi connectivity index (χ3n) is 3.91. The number of hydrogen-bond acceptors (Lipinski definition) is 4. The van der Waals surface area contributed by atoms with Crippen LogP contribution >= 0.6 is 0 Å². The molecule has 5 heteroatoms. The Bertz CT molecular complexity index is 363. The van der Waals surface area contributed by atoms with E-state index >= 15 is 0 Å². The van der Waals surface area contributed by atoms with Crippen LogP contribution in [-0.4, -0.2) is 64.7 Å². The second kappa shape index (κ2) is 4.76. The lowest BCUT2D eigenvalue weighted by Crippen LogP contribution is -2.62. The van der Waals surface area contributed by atoms with Crippen LogP contribution in [0.25, 0.3) is 0 Å². The van der Waals surface area contributed by atoms with Crippen molar-refractivity contribution < 1.29 is 0 Å². The van der Waals surface area contributed by atoms with Gasteiger partial charge in [0.2, 0.25) is 0 Å². The summed E-state index contributed by atoms with van der Waals surface area (Å²) >= 11 is 0. The first-order valence-electron chi connectivity index (χ1n) is 6.45. The average Bonchev–Trinajstić information content (AvgIpc) is 2.70. The van der Waals surface area contributed by atoms with E-state index in [9.17, 15) is 0 Å². The van der Waals surface area contributed by atoms with Crippen LogP contribution in [0.3, 0.4) is 0 Å². The van der Waals surface area contributed by atoms with E-state index in [1.54, 1.807) is 0 Å². The van der Waals surface area contributed by atoms with Crippen LogP contribution in [0.5, 0.6) is 0 Å². The van der Waals surface area contributed by atoms with E-state index in [-0.39, 0.29) is 0 Å². The first-order valence-corrected chi connectivity index (χ1v) is 6.45. The number of imidazole rings is 1. The SMILES string of the molecule is Cn1cncc1CN1CC(N2CCNCC2)C1. The van der Waals surface area contributed by atoms with E-state index in [0.717, 1.165) is 25.7 Å². The Morgan fingerprint density at radius 2 is 2.12 bits per heavy atom. The number of piperazine rings is 1. The van der Waals surface area contributed by atoms with Crippen molar-refractivity contribution in [2.75, 3.05) is 39.3 Å². The molecule has 2 saturated heterocycles. The first-order chi connectivity index (χ1) is 8.33. The summed E-state index contributed by atoms with van der Waals surface area (Å²) in [5.41, 5.74) is 1.31. The van der Waals surface area contributed by atoms with Gasteiger partial charge in [0.1, 0.15) is 0 Å². The number of rotatable bonds is 3. The molecule has 2 aliphatic heterocycles. The van der Waals surface area contributed by atoms with Crippen LogP contribution < -0.4 is 5.32 Å². The van der Waals surface area contributed by atoms with E-state index in [1.165, 1.54) is 31.9 Å². The monoisotopic (exact) mass is 235 g/mol. The van der Waals surface area contributed by atoms with Gasteiger partial charge in [-0.2, -0.15) is 0 Å². The predicted octanol–water partition coefficient (Wildman–Crippen LogP) is -0.490. The molecule has 0 unspecified atom stereocenters. The van der Waals surface area contributed by atoms with Crippen molar-refractivity contribution in [2.24, 2.45) is 7.05 Å². The maximum absolute atomic E-state index is 4.16. The van der Waals surface area contributed by atoms with Crippen LogP contribution in [0.2, 0.25) is 0 Å². The molecule has 0 radical (unpaired) electrons. The second-order valence-corrected chi connectivity index (χ2v) is 5.13. The molecule has 2 aliphatic rings. The molecule has 0 aliphatic carbocycles. The molecule has 3 rings (SSSR count). The molecule has 0 atom stereocenters. The van der Waals surface area contributed by atoms with E-state index in [4.69, 9.17) is 0 Å². The van der Waals surface area contributed by atoms with Crippen LogP contribution in [-0.2, 0) is 13.6 Å². The van der Waals surface area contributed by atoms with E-state index in [0.29, 0.717) is 0 Å². The zero-order chi connectivity index (χ0) is 11.7. The highest BCUT2D eigenvalue weighted by Gasteiger charge is 2.32. The second-order valence-electron chi connectivity index (χ2n) is 5.13. The molecule has 1 aromatic heterocycles. The highest BCUT2D eigenvalue weighted by molar-refractivity contribution is 5.00. The van der Waals surface area contributed by atoms with E-state index < -0.39 is 0 Å². The standard InChI is InChI=1S/C12H21N5/c1-15-10-14-6-11(15)7-16-8-12(9-16)17-4-2-13-3-5-17/h6,10,12-13H,2-5,7-9H2,1H3. The minimum absolute atomic E-state index is 0.783. The third kappa shape index (κ3) is 2.36. The highest BCUT2D eigenvalue weighted by atomic mass is 15.3. The molecule has 0 aromatic carbocycles. The van der Waals surface area contributed by atoms with Gasteiger partial charge in [0.25, 0.3) is 0 Å². The lowest BCUT2D eigenvalue weighted by molar-refractivity contribution is 0.0211. The molecule has 2 fully saturated rings. The summed E-state index contributed by atoms with van der Waals surface area (Å²) in [6, 6.07) is 0.783. The first kappa shape index (κ1) is 11.2. The summed E-state index contributed by atoms with van der Waals surface area (Å²) in [5.74, 6) is 0. The van der Waals surface area contributed by atoms with Gasteiger partial charge in [0, 0.05) is 65.1 Å². The van der Waals surface area contributed by atoms with Crippen LogP contribution in [0.4, 0.5) is 0 Å². The van der Waals surface area contributed by atoms with Gasteiger partial charge in [-0.25, -0.2) is 4.98 Å². The summed E-state index contributed by atoms with van der Waals surface area (Å²) in [7, 11) is 2.07. The molecule has 0 amide bonds. The molecule has 94 valence electrons. The Kier molecular flexibility index (Phi) is 3.13. The fraction of sp³-hybridized carbons (Fsp3) is 0.750. The number of nitrogens with zero attached hydrogens (tertiary/aromatic N) is 4. The molecule has 0 bridgehead atoms. The number of aryl methyl sites for hydroxylation is 1. The molecule has 3 heterocycles. The third-order valence-corrected chi connectivity index (χ3v) is 3.91. The molecular formula is C12H21N5. The number of nitrogens with one attached hydrogen (secondary N) is 1. The summed E-state index contributed by atoms with van der Waals surface area (Å²) in [4.78, 5) is 9.28. The fourth-order valence-electron chi connectivity index (χ4n) is 2.72. The Balaban J connectivity index is 1.46. The molecular weight excluding hydrogens is 214 g/mol. The molecule has 1 N–H and O–H groups in total. The lowest BCUT2D eigenvalue weighted by atomic mass is 10.1. The minimum Gasteiger partial charge on any atom is -0.337 e. The zero-order valence-electron chi connectivity index (χ0n) is 10.5. The molecule has 0 saturated carbocycles.